The van der Waals surface area contributed by atoms with Gasteiger partial charge < -0.3 is 9.97 Å². The van der Waals surface area contributed by atoms with Crippen molar-refractivity contribution in [2.75, 3.05) is 0 Å². The Morgan fingerprint density at radius 2 is 1.86 bits per heavy atom. The van der Waals surface area contributed by atoms with E-state index in [0.717, 1.165) is 16.3 Å². The number of benzene rings is 1. The number of aromatic amines is 2. The molecule has 0 aliphatic rings. The largest absolute Gasteiger partial charge is 0.350 e. The normalized spacial score (nSPS) is 11.1. The third kappa shape index (κ3) is 0.836. The van der Waals surface area contributed by atoms with Crippen LogP contribution in [0.1, 0.15) is 0 Å². The highest BCUT2D eigenvalue weighted by atomic mass is 16.1. The molecule has 0 radical (unpaired) electrons. The molecule has 0 aliphatic carbocycles. The van der Waals surface area contributed by atoms with Crippen LogP contribution in [0.4, 0.5) is 0 Å². The minimum absolute atomic E-state index is 0.0706. The van der Waals surface area contributed by atoms with Gasteiger partial charge in [0.05, 0.1) is 0 Å². The van der Waals surface area contributed by atoms with E-state index in [1.165, 1.54) is 0 Å². The quantitative estimate of drug-likeness (QED) is 0.551. The first-order valence-corrected chi connectivity index (χ1v) is 4.44. The molecule has 2 heterocycles. The molecule has 3 aromatic rings. The molecule has 0 amide bonds. The van der Waals surface area contributed by atoms with Crippen molar-refractivity contribution in [1.82, 2.24) is 9.97 Å². The summed E-state index contributed by atoms with van der Waals surface area (Å²) in [6.45, 7) is 0. The van der Waals surface area contributed by atoms with Gasteiger partial charge in [-0.3, -0.25) is 4.79 Å². The zero-order valence-corrected chi connectivity index (χ0v) is 7.37. The summed E-state index contributed by atoms with van der Waals surface area (Å²) in [5, 5.41) is 2.07. The minimum atomic E-state index is -0.0706. The van der Waals surface area contributed by atoms with Gasteiger partial charge in [-0.15, -0.1) is 0 Å². The smallest absolute Gasteiger partial charge is 0.272 e. The zero-order chi connectivity index (χ0) is 9.54. The van der Waals surface area contributed by atoms with E-state index in [2.05, 4.69) is 9.97 Å². The van der Waals surface area contributed by atoms with Crippen LogP contribution in [-0.2, 0) is 0 Å². The predicted molar refractivity (Wildman–Crippen MR) is 56.4 cm³/mol. The molecule has 2 aromatic heterocycles. The molecule has 1 aromatic carbocycles. The summed E-state index contributed by atoms with van der Waals surface area (Å²) in [6.07, 6.45) is 1.67. The Balaban J connectivity index is 2.70. The lowest BCUT2D eigenvalue weighted by molar-refractivity contribution is 1.26. The SMILES string of the molecule is O=c1[nH]ccc2c1[nH]c1ccccc12. The lowest BCUT2D eigenvalue weighted by atomic mass is 10.2. The molecule has 3 heteroatoms. The number of pyridine rings is 1. The van der Waals surface area contributed by atoms with Crippen LogP contribution >= 0.6 is 0 Å². The fourth-order valence-electron chi connectivity index (χ4n) is 1.79. The van der Waals surface area contributed by atoms with Crippen LogP contribution in [0.2, 0.25) is 0 Å². The van der Waals surface area contributed by atoms with E-state index in [1.807, 2.05) is 30.3 Å². The van der Waals surface area contributed by atoms with Gasteiger partial charge in [-0.25, -0.2) is 0 Å². The maximum absolute atomic E-state index is 11.5. The number of hydrogen-bond acceptors (Lipinski definition) is 1. The zero-order valence-electron chi connectivity index (χ0n) is 7.37. The molecule has 0 spiro atoms. The van der Waals surface area contributed by atoms with Gasteiger partial charge in [0.2, 0.25) is 0 Å². The topological polar surface area (TPSA) is 48.6 Å². The van der Waals surface area contributed by atoms with Crippen molar-refractivity contribution < 1.29 is 0 Å². The lowest BCUT2D eigenvalue weighted by Crippen LogP contribution is -2.03. The Labute approximate surface area is 79.4 Å². The van der Waals surface area contributed by atoms with Crippen LogP contribution in [0.15, 0.2) is 41.3 Å². The van der Waals surface area contributed by atoms with Gasteiger partial charge in [0.25, 0.3) is 5.56 Å². The van der Waals surface area contributed by atoms with E-state index in [9.17, 15) is 4.79 Å². The summed E-state index contributed by atoms with van der Waals surface area (Å²) in [4.78, 5) is 17.2. The highest BCUT2D eigenvalue weighted by Crippen LogP contribution is 2.21. The van der Waals surface area contributed by atoms with Gasteiger partial charge >= 0.3 is 0 Å². The molecule has 0 fully saturated rings. The highest BCUT2D eigenvalue weighted by molar-refractivity contribution is 6.06. The standard InChI is InChI=1S/C11H8N2O/c14-11-10-8(5-6-12-11)7-3-1-2-4-9(7)13-10/h1-6,13H,(H,12,14). The second-order valence-corrected chi connectivity index (χ2v) is 3.27. The van der Waals surface area contributed by atoms with Crippen molar-refractivity contribution in [3.05, 3.63) is 46.9 Å². The maximum Gasteiger partial charge on any atom is 0.272 e. The Kier molecular flexibility index (Phi) is 1.31. The van der Waals surface area contributed by atoms with Gasteiger partial charge in [-0.1, -0.05) is 18.2 Å². The average Bonchev–Trinajstić information content (AvgIpc) is 2.59. The van der Waals surface area contributed by atoms with Gasteiger partial charge in [0, 0.05) is 22.5 Å². The summed E-state index contributed by atoms with van der Waals surface area (Å²) in [5.41, 5.74) is 1.58. The van der Waals surface area contributed by atoms with Crippen molar-refractivity contribution >= 4 is 21.8 Å². The third-order valence-electron chi connectivity index (χ3n) is 2.44. The molecule has 0 saturated carbocycles. The van der Waals surface area contributed by atoms with E-state index < -0.39 is 0 Å². The van der Waals surface area contributed by atoms with Crippen molar-refractivity contribution in [3.63, 3.8) is 0 Å². The van der Waals surface area contributed by atoms with E-state index in [4.69, 9.17) is 0 Å². The number of hydrogen-bond donors (Lipinski definition) is 2. The average molecular weight is 184 g/mol. The summed E-state index contributed by atoms with van der Waals surface area (Å²) in [5.74, 6) is 0. The summed E-state index contributed by atoms with van der Waals surface area (Å²) in [7, 11) is 0. The molecule has 3 rings (SSSR count). The first-order chi connectivity index (χ1) is 6.86. The second-order valence-electron chi connectivity index (χ2n) is 3.27. The van der Waals surface area contributed by atoms with Crippen molar-refractivity contribution in [1.29, 1.82) is 0 Å². The Morgan fingerprint density at radius 1 is 1.00 bits per heavy atom. The predicted octanol–water partition coefficient (Wildman–Crippen LogP) is 2.01. The fraction of sp³-hybridized carbons (Fsp3) is 0. The number of aromatic nitrogens is 2. The van der Waals surface area contributed by atoms with Gasteiger partial charge in [-0.2, -0.15) is 0 Å². The third-order valence-corrected chi connectivity index (χ3v) is 2.44. The van der Waals surface area contributed by atoms with Crippen molar-refractivity contribution in [2.45, 2.75) is 0 Å². The van der Waals surface area contributed by atoms with Gasteiger partial charge in [0.15, 0.2) is 0 Å². The second kappa shape index (κ2) is 2.48. The van der Waals surface area contributed by atoms with Crippen LogP contribution < -0.4 is 5.56 Å². The van der Waals surface area contributed by atoms with Crippen molar-refractivity contribution in [3.8, 4) is 0 Å². The molecule has 0 saturated heterocycles. The first kappa shape index (κ1) is 7.38. The van der Waals surface area contributed by atoms with Crippen molar-refractivity contribution in [2.24, 2.45) is 0 Å². The Morgan fingerprint density at radius 3 is 2.79 bits per heavy atom. The molecule has 14 heavy (non-hydrogen) atoms. The van der Waals surface area contributed by atoms with E-state index >= 15 is 0 Å². The van der Waals surface area contributed by atoms with Crippen LogP contribution in [0.5, 0.6) is 0 Å². The lowest BCUT2D eigenvalue weighted by Gasteiger charge is -1.87. The van der Waals surface area contributed by atoms with E-state index in [1.54, 1.807) is 6.20 Å². The molecular weight excluding hydrogens is 176 g/mol. The summed E-state index contributed by atoms with van der Waals surface area (Å²) in [6, 6.07) is 9.81. The molecule has 0 unspecified atom stereocenters. The number of fused-ring (bicyclic) bond motifs is 3. The molecule has 0 bridgehead atoms. The summed E-state index contributed by atoms with van der Waals surface area (Å²) >= 11 is 0. The van der Waals surface area contributed by atoms with E-state index in [0.29, 0.717) is 5.52 Å². The summed E-state index contributed by atoms with van der Waals surface area (Å²) < 4.78 is 0. The molecule has 0 aliphatic heterocycles. The van der Waals surface area contributed by atoms with Crippen LogP contribution in [0, 0.1) is 0 Å². The first-order valence-electron chi connectivity index (χ1n) is 4.44. The van der Waals surface area contributed by atoms with Crippen LogP contribution in [-0.4, -0.2) is 9.97 Å². The van der Waals surface area contributed by atoms with Gasteiger partial charge in [0.1, 0.15) is 5.52 Å². The number of rotatable bonds is 0. The van der Waals surface area contributed by atoms with Gasteiger partial charge in [-0.05, 0) is 12.1 Å². The Hall–Kier alpha value is -2.03. The van der Waals surface area contributed by atoms with Crippen LogP contribution in [0.3, 0.4) is 0 Å². The Bertz CT molecular complexity index is 663. The van der Waals surface area contributed by atoms with E-state index in [-0.39, 0.29) is 5.56 Å². The molecular formula is C11H8N2O. The monoisotopic (exact) mass is 184 g/mol. The highest BCUT2D eigenvalue weighted by Gasteiger charge is 2.04. The fourth-order valence-corrected chi connectivity index (χ4v) is 1.79. The number of H-pyrrole nitrogens is 2. The molecule has 0 atom stereocenters. The van der Waals surface area contributed by atoms with Crippen LogP contribution in [0.25, 0.3) is 21.8 Å². The molecule has 3 nitrogen and oxygen atoms in total. The molecule has 2 N–H and O–H groups in total. The minimum Gasteiger partial charge on any atom is -0.350 e. The number of nitrogens with one attached hydrogen (secondary N) is 2. The molecule has 68 valence electrons. The maximum atomic E-state index is 11.5. The number of para-hydroxylation sites is 1.